The molecule has 0 aromatic rings. The Balaban J connectivity index is 4.51. The van der Waals surface area contributed by atoms with Gasteiger partial charge in [-0.15, -0.1) is 0 Å². The summed E-state index contributed by atoms with van der Waals surface area (Å²) in [6, 6.07) is -0.623. The van der Waals surface area contributed by atoms with Gasteiger partial charge in [0.05, 0.1) is 34.4 Å². The summed E-state index contributed by atoms with van der Waals surface area (Å²) in [6.45, 7) is 4.52. The molecule has 8 nitrogen and oxygen atoms in total. The number of hydrogen-bond donors (Lipinski definition) is 1. The highest BCUT2D eigenvalue weighted by Crippen LogP contribution is 2.14. The van der Waals surface area contributed by atoms with Crippen molar-refractivity contribution in [1.29, 1.82) is 0 Å². The Morgan fingerprint density at radius 3 is 1.63 bits per heavy atom. The van der Waals surface area contributed by atoms with Gasteiger partial charge in [-0.3, -0.25) is 9.59 Å². The van der Waals surface area contributed by atoms with Crippen molar-refractivity contribution in [2.45, 2.75) is 154 Å². The fourth-order valence-corrected chi connectivity index (χ4v) is 5.46. The number of likely N-dealkylation sites (N-methyl/N-ethyl adjacent to an activating group) is 1. The van der Waals surface area contributed by atoms with Crippen molar-refractivity contribution in [3.63, 3.8) is 0 Å². The molecule has 0 aromatic heterocycles. The van der Waals surface area contributed by atoms with Crippen LogP contribution in [-0.2, 0) is 28.6 Å². The Labute approximate surface area is 311 Å². The van der Waals surface area contributed by atoms with Crippen LogP contribution >= 0.6 is 0 Å². The smallest absolute Gasteiger partial charge is 0.362 e. The minimum absolute atomic E-state index is 0.0425. The number of hydrogen-bond acceptors (Lipinski definition) is 6. The predicted octanol–water partition coefficient (Wildman–Crippen LogP) is 10.2. The summed E-state index contributed by atoms with van der Waals surface area (Å²) in [5, 5.41) is 9.59. The van der Waals surface area contributed by atoms with Crippen LogP contribution in [0.15, 0.2) is 60.8 Å². The lowest BCUT2D eigenvalue weighted by atomic mass is 10.0. The zero-order valence-electron chi connectivity index (χ0n) is 33.0. The second kappa shape index (κ2) is 34.1. The third-order valence-corrected chi connectivity index (χ3v) is 8.56. The van der Waals surface area contributed by atoms with Crippen LogP contribution in [0, 0.1) is 0 Å². The van der Waals surface area contributed by atoms with Crippen LogP contribution in [0.4, 0.5) is 0 Å². The number of allylic oxidation sites excluding steroid dienone is 10. The highest BCUT2D eigenvalue weighted by Gasteiger charge is 2.31. The van der Waals surface area contributed by atoms with Gasteiger partial charge in [0.1, 0.15) is 6.61 Å². The van der Waals surface area contributed by atoms with E-state index in [9.17, 15) is 19.5 Å². The van der Waals surface area contributed by atoms with Gasteiger partial charge in [0.15, 0.2) is 12.1 Å². The van der Waals surface area contributed by atoms with Gasteiger partial charge in [0.25, 0.3) is 0 Å². The topological polar surface area (TPSA) is 99.1 Å². The normalized spacial score (nSPS) is 13.7. The van der Waals surface area contributed by atoms with E-state index in [-0.39, 0.29) is 42.7 Å². The fraction of sp³-hybridized carbons (Fsp3) is 0.698. The summed E-state index contributed by atoms with van der Waals surface area (Å²) in [5.74, 6) is -1.53. The summed E-state index contributed by atoms with van der Waals surface area (Å²) in [4.78, 5) is 36.8. The van der Waals surface area contributed by atoms with Crippen molar-refractivity contribution in [2.75, 3.05) is 41.0 Å². The number of rotatable bonds is 34. The maximum atomic E-state index is 12.7. The molecule has 0 aliphatic carbocycles. The maximum Gasteiger partial charge on any atom is 0.362 e. The molecule has 0 saturated carbocycles. The van der Waals surface area contributed by atoms with E-state index >= 15 is 0 Å². The lowest BCUT2D eigenvalue weighted by Crippen LogP contribution is -2.50. The van der Waals surface area contributed by atoms with Gasteiger partial charge in [0.2, 0.25) is 0 Å². The first-order chi connectivity index (χ1) is 24.6. The molecular formula is C43H74NO7+. The lowest BCUT2D eigenvalue weighted by molar-refractivity contribution is -0.887. The molecule has 292 valence electrons. The van der Waals surface area contributed by atoms with Gasteiger partial charge in [-0.05, 0) is 32.1 Å². The van der Waals surface area contributed by atoms with Crippen molar-refractivity contribution in [2.24, 2.45) is 0 Å². The van der Waals surface area contributed by atoms with Crippen LogP contribution in [0.1, 0.15) is 142 Å². The number of carbonyl (C=O) groups is 3. The van der Waals surface area contributed by atoms with Crippen LogP contribution in [-0.4, -0.2) is 80.6 Å². The van der Waals surface area contributed by atoms with E-state index in [2.05, 4.69) is 26.0 Å². The second-order valence-corrected chi connectivity index (χ2v) is 14.3. The largest absolute Gasteiger partial charge is 0.477 e. The van der Waals surface area contributed by atoms with Crippen molar-refractivity contribution in [1.82, 2.24) is 0 Å². The molecule has 0 rings (SSSR count). The van der Waals surface area contributed by atoms with Gasteiger partial charge in [0, 0.05) is 19.3 Å². The molecule has 0 bridgehead atoms. The first-order valence-corrected chi connectivity index (χ1v) is 19.9. The predicted molar refractivity (Wildman–Crippen MR) is 211 cm³/mol. The van der Waals surface area contributed by atoms with Gasteiger partial charge >= 0.3 is 17.9 Å². The molecular weight excluding hydrogens is 642 g/mol. The SMILES string of the molecule is CC/C=C/C=C/C=C/C=C/C=C/CCCCCC(=O)OC(COCCC(C(=O)O)[N+](C)(C)C)COC(=O)CCCCCCCCCCCCCC. The second-order valence-electron chi connectivity index (χ2n) is 14.3. The molecule has 0 spiro atoms. The van der Waals surface area contributed by atoms with Gasteiger partial charge in [-0.2, -0.15) is 0 Å². The summed E-state index contributed by atoms with van der Waals surface area (Å²) < 4.78 is 17.2. The van der Waals surface area contributed by atoms with E-state index in [1.165, 1.54) is 57.8 Å². The molecule has 0 aromatic carbocycles. The number of carboxylic acids is 1. The number of nitrogens with zero attached hydrogens (tertiary/aromatic N) is 1. The van der Waals surface area contributed by atoms with Gasteiger partial charge in [-0.1, -0.05) is 152 Å². The van der Waals surface area contributed by atoms with Crippen LogP contribution < -0.4 is 0 Å². The van der Waals surface area contributed by atoms with E-state index in [0.717, 1.165) is 44.9 Å². The number of quaternary nitrogens is 1. The summed E-state index contributed by atoms with van der Waals surface area (Å²) in [6.07, 6.45) is 39.7. The Morgan fingerprint density at radius 2 is 1.10 bits per heavy atom. The van der Waals surface area contributed by atoms with Crippen LogP contribution in [0.3, 0.4) is 0 Å². The monoisotopic (exact) mass is 717 g/mol. The molecule has 8 heteroatoms. The number of carboxylic acid groups (broad SMARTS) is 1. The maximum absolute atomic E-state index is 12.7. The van der Waals surface area contributed by atoms with E-state index < -0.39 is 18.1 Å². The first-order valence-electron chi connectivity index (χ1n) is 19.9. The molecule has 0 saturated heterocycles. The quantitative estimate of drug-likeness (QED) is 0.0306. The van der Waals surface area contributed by atoms with Crippen molar-refractivity contribution < 1.29 is 38.2 Å². The molecule has 51 heavy (non-hydrogen) atoms. The zero-order valence-corrected chi connectivity index (χ0v) is 33.0. The number of ether oxygens (including phenoxy) is 3. The molecule has 1 N–H and O–H groups in total. The standard InChI is InChI=1S/C43H73NO7/c1-6-8-10-12-14-16-18-20-21-22-24-26-28-30-32-34-42(46)51-39(37-49-36-35-40(43(47)48)44(3,4)5)38-50-41(45)33-31-29-27-25-23-19-17-15-13-11-9-7-2/h8,10,12,14,16,18,20-22,24,39-40H,6-7,9,11,13,15,17,19,23,25-38H2,1-5H3/p+1/b10-8+,14-12+,18-16+,21-20+,24-22+. The van der Waals surface area contributed by atoms with Crippen LogP contribution in [0.5, 0.6) is 0 Å². The number of aliphatic carboxylic acids is 1. The minimum Gasteiger partial charge on any atom is -0.477 e. The van der Waals surface area contributed by atoms with E-state index in [0.29, 0.717) is 19.3 Å². The molecule has 0 radical (unpaired) electrons. The lowest BCUT2D eigenvalue weighted by Gasteiger charge is -2.31. The van der Waals surface area contributed by atoms with Crippen molar-refractivity contribution in [3.8, 4) is 0 Å². The van der Waals surface area contributed by atoms with E-state index in [1.54, 1.807) is 0 Å². The third kappa shape index (κ3) is 32.7. The highest BCUT2D eigenvalue weighted by atomic mass is 16.6. The zero-order chi connectivity index (χ0) is 37.8. The Hall–Kier alpha value is -2.97. The van der Waals surface area contributed by atoms with Crippen molar-refractivity contribution in [3.05, 3.63) is 60.8 Å². The molecule has 0 aliphatic rings. The van der Waals surface area contributed by atoms with Gasteiger partial charge in [-0.25, -0.2) is 4.79 Å². The third-order valence-electron chi connectivity index (χ3n) is 8.56. The Morgan fingerprint density at radius 1 is 0.608 bits per heavy atom. The van der Waals surface area contributed by atoms with Crippen LogP contribution in [0.25, 0.3) is 0 Å². The Kier molecular flexibility index (Phi) is 32.1. The Bertz CT molecular complexity index is 1020. The highest BCUT2D eigenvalue weighted by molar-refractivity contribution is 5.72. The van der Waals surface area contributed by atoms with Crippen molar-refractivity contribution >= 4 is 17.9 Å². The number of carbonyl (C=O) groups excluding carboxylic acids is 2. The average molecular weight is 717 g/mol. The summed E-state index contributed by atoms with van der Waals surface area (Å²) in [5.41, 5.74) is 0. The minimum atomic E-state index is -0.885. The average Bonchev–Trinajstić information content (AvgIpc) is 3.08. The molecule has 0 fully saturated rings. The summed E-state index contributed by atoms with van der Waals surface area (Å²) >= 11 is 0. The molecule has 0 aliphatic heterocycles. The van der Waals surface area contributed by atoms with Gasteiger partial charge < -0.3 is 23.8 Å². The molecule has 0 heterocycles. The number of unbranched alkanes of at least 4 members (excludes halogenated alkanes) is 14. The van der Waals surface area contributed by atoms with E-state index in [4.69, 9.17) is 14.2 Å². The fourth-order valence-electron chi connectivity index (χ4n) is 5.46. The summed E-state index contributed by atoms with van der Waals surface area (Å²) in [7, 11) is 5.50. The first kappa shape index (κ1) is 48.0. The number of esters is 2. The molecule has 2 atom stereocenters. The molecule has 0 amide bonds. The van der Waals surface area contributed by atoms with Crippen LogP contribution in [0.2, 0.25) is 0 Å². The molecule has 2 unspecified atom stereocenters. The van der Waals surface area contributed by atoms with E-state index in [1.807, 2.05) is 69.8 Å².